The monoisotopic (exact) mass is 348 g/mol. The molecule has 6 rings (SSSR count). The minimum atomic E-state index is -0.189. The number of aliphatic imine (C=N–C) groups is 1. The van der Waals surface area contributed by atoms with Gasteiger partial charge in [-0.25, -0.2) is 9.38 Å². The molecule has 4 fully saturated rings. The Bertz CT molecular complexity index is 630. The van der Waals surface area contributed by atoms with E-state index in [2.05, 4.69) is 20.8 Å². The van der Waals surface area contributed by atoms with Crippen molar-refractivity contribution in [3.63, 3.8) is 0 Å². The zero-order valence-electron chi connectivity index (χ0n) is 11.8. The average Bonchev–Trinajstić information content (AvgIpc) is 2.61. The lowest BCUT2D eigenvalue weighted by Gasteiger charge is -2.41. The number of alkyl halides is 1. The van der Waals surface area contributed by atoms with Crippen molar-refractivity contribution in [3.05, 3.63) is 29.6 Å². The number of benzene rings is 1. The Morgan fingerprint density at radius 2 is 1.86 bits per heavy atom. The summed E-state index contributed by atoms with van der Waals surface area (Å²) < 4.78 is 13.6. The first-order chi connectivity index (χ1) is 10.2. The third-order valence-electron chi connectivity index (χ3n) is 5.86. The van der Waals surface area contributed by atoms with Gasteiger partial charge in [-0.05, 0) is 56.1 Å². The predicted molar refractivity (Wildman–Crippen MR) is 84.3 cm³/mol. The second kappa shape index (κ2) is 4.31. The van der Waals surface area contributed by atoms with Gasteiger partial charge >= 0.3 is 0 Å². The molecule has 3 unspecified atom stereocenters. The second-order valence-electron chi connectivity index (χ2n) is 7.18. The van der Waals surface area contributed by atoms with E-state index in [4.69, 9.17) is 4.99 Å². The topological polar surface area (TPSA) is 15.6 Å². The largest absolute Gasteiger partial charge is 0.340 e. The van der Waals surface area contributed by atoms with Crippen LogP contribution < -0.4 is 0 Å². The van der Waals surface area contributed by atoms with Crippen LogP contribution in [0.3, 0.4) is 0 Å². The first-order valence-electron chi connectivity index (χ1n) is 7.99. The Balaban J connectivity index is 1.68. The molecule has 5 aliphatic rings. The van der Waals surface area contributed by atoms with E-state index in [1.165, 1.54) is 37.9 Å². The van der Waals surface area contributed by atoms with Crippen LogP contribution in [-0.4, -0.2) is 16.8 Å². The highest BCUT2D eigenvalue weighted by atomic mass is 79.9. The first kappa shape index (κ1) is 12.6. The molecule has 2 aliphatic carbocycles. The van der Waals surface area contributed by atoms with Crippen LogP contribution in [0.25, 0.3) is 0 Å². The van der Waals surface area contributed by atoms with Crippen molar-refractivity contribution in [2.24, 2.45) is 22.7 Å². The fourth-order valence-electron chi connectivity index (χ4n) is 5.19. The van der Waals surface area contributed by atoms with Crippen molar-refractivity contribution in [2.45, 2.75) is 43.1 Å². The molecular weight excluding hydrogens is 331 g/mol. The highest BCUT2D eigenvalue weighted by Gasteiger charge is 2.48. The summed E-state index contributed by atoms with van der Waals surface area (Å²) in [5.41, 5.74) is 1.94. The van der Waals surface area contributed by atoms with Gasteiger partial charge < -0.3 is 4.90 Å². The summed E-state index contributed by atoms with van der Waals surface area (Å²) in [6, 6.07) is 5.64. The van der Waals surface area contributed by atoms with Crippen LogP contribution in [0.5, 0.6) is 0 Å². The first-order valence-corrected chi connectivity index (χ1v) is 8.91. The number of hydrogen-bond donors (Lipinski definition) is 0. The standard InChI is InChI=1S/C17H18BrFN2/c18-16-14-2-1-12(19)8-15(14)20-17-11-4-9-3-10(5-11)7-13(6-9)21(16)17/h1-2,8-11,13,16H,3-7H2. The predicted octanol–water partition coefficient (Wildman–Crippen LogP) is 4.77. The molecule has 2 nitrogen and oxygen atoms in total. The number of halogens is 2. The van der Waals surface area contributed by atoms with Gasteiger partial charge in [0.1, 0.15) is 16.6 Å². The van der Waals surface area contributed by atoms with Crippen LogP contribution in [0, 0.1) is 23.6 Å². The molecule has 4 heteroatoms. The van der Waals surface area contributed by atoms with Gasteiger partial charge in [-0.1, -0.05) is 22.0 Å². The molecule has 1 aromatic rings. The Morgan fingerprint density at radius 3 is 2.62 bits per heavy atom. The molecule has 0 aromatic heterocycles. The van der Waals surface area contributed by atoms with E-state index in [9.17, 15) is 4.39 Å². The molecule has 3 heterocycles. The maximum atomic E-state index is 13.6. The molecule has 2 saturated heterocycles. The number of fused-ring (bicyclic) bond motifs is 1. The molecule has 1 aromatic carbocycles. The van der Waals surface area contributed by atoms with Crippen LogP contribution in [0.2, 0.25) is 0 Å². The van der Waals surface area contributed by atoms with Gasteiger partial charge in [-0.2, -0.15) is 0 Å². The van der Waals surface area contributed by atoms with E-state index >= 15 is 0 Å². The van der Waals surface area contributed by atoms with E-state index in [0.29, 0.717) is 12.0 Å². The van der Waals surface area contributed by atoms with Gasteiger partial charge in [-0.15, -0.1) is 0 Å². The smallest absolute Gasteiger partial charge is 0.125 e. The molecule has 4 bridgehead atoms. The highest BCUT2D eigenvalue weighted by molar-refractivity contribution is 9.09. The van der Waals surface area contributed by atoms with Crippen molar-refractivity contribution in [2.75, 3.05) is 0 Å². The summed E-state index contributed by atoms with van der Waals surface area (Å²) in [4.78, 5) is 7.58. The van der Waals surface area contributed by atoms with Gasteiger partial charge in [0.15, 0.2) is 0 Å². The van der Waals surface area contributed by atoms with Gasteiger partial charge in [-0.3, -0.25) is 0 Å². The third kappa shape index (κ3) is 1.77. The Morgan fingerprint density at radius 1 is 1.10 bits per heavy atom. The average molecular weight is 349 g/mol. The fraction of sp³-hybridized carbons (Fsp3) is 0.588. The van der Waals surface area contributed by atoms with Crippen LogP contribution in [0.1, 0.15) is 42.6 Å². The fourth-order valence-corrected chi connectivity index (χ4v) is 6.12. The van der Waals surface area contributed by atoms with E-state index in [-0.39, 0.29) is 10.8 Å². The van der Waals surface area contributed by atoms with Gasteiger partial charge in [0.05, 0.1) is 5.69 Å². The molecule has 2 saturated carbocycles. The molecule has 110 valence electrons. The molecule has 0 radical (unpaired) electrons. The maximum Gasteiger partial charge on any atom is 0.125 e. The van der Waals surface area contributed by atoms with Crippen molar-refractivity contribution < 1.29 is 4.39 Å². The summed E-state index contributed by atoms with van der Waals surface area (Å²) in [5, 5.41) is 0. The maximum absolute atomic E-state index is 13.6. The minimum absolute atomic E-state index is 0.156. The molecule has 3 aliphatic heterocycles. The molecule has 0 amide bonds. The molecule has 0 spiro atoms. The van der Waals surface area contributed by atoms with E-state index in [1.807, 2.05) is 6.07 Å². The molecular formula is C17H18BrFN2. The normalized spacial score (nSPS) is 39.6. The Hall–Kier alpha value is -0.900. The Labute approximate surface area is 132 Å². The number of amidine groups is 1. The number of rotatable bonds is 0. The molecule has 3 atom stereocenters. The van der Waals surface area contributed by atoms with Crippen LogP contribution >= 0.6 is 15.9 Å². The quantitative estimate of drug-likeness (QED) is 0.486. The van der Waals surface area contributed by atoms with Crippen LogP contribution in [0.15, 0.2) is 23.2 Å². The van der Waals surface area contributed by atoms with Crippen molar-refractivity contribution in [3.8, 4) is 0 Å². The number of nitrogens with zero attached hydrogens (tertiary/aromatic N) is 2. The zero-order valence-corrected chi connectivity index (χ0v) is 13.4. The third-order valence-corrected chi connectivity index (χ3v) is 6.80. The number of hydrogen-bond acceptors (Lipinski definition) is 2. The van der Waals surface area contributed by atoms with Gasteiger partial charge in [0, 0.05) is 17.5 Å². The molecule has 0 N–H and O–H groups in total. The highest BCUT2D eigenvalue weighted by Crippen LogP contribution is 2.53. The van der Waals surface area contributed by atoms with Gasteiger partial charge in [0.25, 0.3) is 0 Å². The summed E-state index contributed by atoms with van der Waals surface area (Å²) in [5.74, 6) is 3.37. The van der Waals surface area contributed by atoms with Crippen LogP contribution in [-0.2, 0) is 0 Å². The van der Waals surface area contributed by atoms with Crippen molar-refractivity contribution in [1.82, 2.24) is 4.90 Å². The summed E-state index contributed by atoms with van der Waals surface area (Å²) >= 11 is 3.88. The minimum Gasteiger partial charge on any atom is -0.340 e. The van der Waals surface area contributed by atoms with E-state index < -0.39 is 0 Å². The second-order valence-corrected chi connectivity index (χ2v) is 8.04. The molecule has 21 heavy (non-hydrogen) atoms. The van der Waals surface area contributed by atoms with Crippen molar-refractivity contribution in [1.29, 1.82) is 0 Å². The summed E-state index contributed by atoms with van der Waals surface area (Å²) in [6.45, 7) is 0. The lowest BCUT2D eigenvalue weighted by atomic mass is 9.68. The zero-order chi connectivity index (χ0) is 14.1. The van der Waals surface area contributed by atoms with Gasteiger partial charge in [0.2, 0.25) is 0 Å². The Kier molecular flexibility index (Phi) is 2.59. The van der Waals surface area contributed by atoms with Crippen molar-refractivity contribution >= 4 is 27.5 Å². The van der Waals surface area contributed by atoms with Crippen LogP contribution in [0.4, 0.5) is 10.1 Å². The van der Waals surface area contributed by atoms with E-state index in [1.54, 1.807) is 12.1 Å². The summed E-state index contributed by atoms with van der Waals surface area (Å²) in [6.07, 6.45) is 6.61. The lowest BCUT2D eigenvalue weighted by molar-refractivity contribution is 0.127. The lowest BCUT2D eigenvalue weighted by Crippen LogP contribution is -2.43. The van der Waals surface area contributed by atoms with E-state index in [0.717, 1.165) is 23.1 Å². The summed E-state index contributed by atoms with van der Waals surface area (Å²) in [7, 11) is 0. The SMILES string of the molecule is Fc1ccc2c(c1)N=C1C3CC4CC(C3)CC(C4)N1C2Br.